The van der Waals surface area contributed by atoms with Crippen molar-refractivity contribution >= 4 is 33.2 Å². The number of aryl methyl sites for hydroxylation is 2. The highest BCUT2D eigenvalue weighted by Crippen LogP contribution is 2.27. The minimum absolute atomic E-state index is 0.0698. The normalized spacial score (nSPS) is 12.7. The molecule has 1 atom stereocenters. The minimum atomic E-state index is -3.95. The van der Waals surface area contributed by atoms with Crippen LogP contribution in [0.2, 0.25) is 5.02 Å². The van der Waals surface area contributed by atoms with Crippen molar-refractivity contribution in [2.24, 2.45) is 0 Å². The number of carbonyl (C=O) groups is 1. The molecule has 1 aromatic heterocycles. The molecule has 2 N–H and O–H groups in total. The molecule has 136 valence electrons. The van der Waals surface area contributed by atoms with Gasteiger partial charge < -0.3 is 14.6 Å². The first kappa shape index (κ1) is 19.2. The van der Waals surface area contributed by atoms with Crippen LogP contribution < -0.4 is 14.8 Å². The van der Waals surface area contributed by atoms with E-state index in [4.69, 9.17) is 20.9 Å². The Kier molecular flexibility index (Phi) is 5.71. The van der Waals surface area contributed by atoms with Crippen LogP contribution in [0, 0.1) is 13.8 Å². The predicted molar refractivity (Wildman–Crippen MR) is 92.4 cm³/mol. The highest BCUT2D eigenvalue weighted by Gasteiger charge is 2.28. The summed E-state index contributed by atoms with van der Waals surface area (Å²) in [7, 11) is -2.47. The van der Waals surface area contributed by atoms with Gasteiger partial charge in [-0.1, -0.05) is 16.8 Å². The third-order valence-corrected chi connectivity index (χ3v) is 5.46. The first-order chi connectivity index (χ1) is 11.7. The fourth-order valence-corrected chi connectivity index (χ4v) is 3.99. The van der Waals surface area contributed by atoms with Crippen LogP contribution in [0.1, 0.15) is 18.4 Å². The van der Waals surface area contributed by atoms with Gasteiger partial charge in [0.1, 0.15) is 16.3 Å². The van der Waals surface area contributed by atoms with Gasteiger partial charge in [0.2, 0.25) is 15.9 Å². The number of carbonyl (C=O) groups excluding carboxylic acids is 1. The number of nitrogens with one attached hydrogen (secondary N) is 2. The van der Waals surface area contributed by atoms with E-state index in [1.807, 2.05) is 0 Å². The van der Waals surface area contributed by atoms with Crippen molar-refractivity contribution in [2.45, 2.75) is 31.7 Å². The first-order valence-electron chi connectivity index (χ1n) is 7.25. The molecule has 1 amide bonds. The van der Waals surface area contributed by atoms with Crippen LogP contribution in [0.3, 0.4) is 0 Å². The van der Waals surface area contributed by atoms with Crippen LogP contribution in [-0.2, 0) is 14.8 Å². The molecule has 1 heterocycles. The Morgan fingerprint density at radius 3 is 2.56 bits per heavy atom. The van der Waals surface area contributed by atoms with Gasteiger partial charge in [-0.05, 0) is 39.0 Å². The van der Waals surface area contributed by atoms with E-state index < -0.39 is 22.0 Å². The summed E-state index contributed by atoms with van der Waals surface area (Å²) in [6, 6.07) is 3.67. The zero-order valence-electron chi connectivity index (χ0n) is 14.1. The maximum Gasteiger partial charge on any atom is 0.246 e. The van der Waals surface area contributed by atoms with Crippen LogP contribution in [0.15, 0.2) is 27.6 Å². The summed E-state index contributed by atoms with van der Waals surface area (Å²) < 4.78 is 37.0. The number of halogens is 1. The smallest absolute Gasteiger partial charge is 0.246 e. The lowest BCUT2D eigenvalue weighted by molar-refractivity contribution is -0.117. The molecular weight excluding hydrogens is 370 g/mol. The second-order valence-corrected chi connectivity index (χ2v) is 7.39. The van der Waals surface area contributed by atoms with Gasteiger partial charge in [-0.3, -0.25) is 4.79 Å². The SMILES string of the molecule is COc1ccc(NC(=O)[C@H](C)NS(=O)(=O)c2c(C)noc2C)cc1Cl. The summed E-state index contributed by atoms with van der Waals surface area (Å²) in [5, 5.41) is 6.52. The van der Waals surface area contributed by atoms with Gasteiger partial charge in [0.05, 0.1) is 18.2 Å². The Bertz CT molecular complexity index is 875. The molecule has 0 aliphatic carbocycles. The Morgan fingerprint density at radius 2 is 2.04 bits per heavy atom. The fraction of sp³-hybridized carbons (Fsp3) is 0.333. The summed E-state index contributed by atoms with van der Waals surface area (Å²) in [6.45, 7) is 4.42. The molecule has 2 rings (SSSR count). The van der Waals surface area contributed by atoms with Crippen molar-refractivity contribution in [3.8, 4) is 5.75 Å². The zero-order chi connectivity index (χ0) is 18.8. The van der Waals surface area contributed by atoms with Crippen LogP contribution >= 0.6 is 11.6 Å². The van der Waals surface area contributed by atoms with Crippen LogP contribution in [-0.4, -0.2) is 32.6 Å². The molecule has 0 aliphatic rings. The Hall–Kier alpha value is -2.10. The molecule has 0 unspecified atom stereocenters. The highest BCUT2D eigenvalue weighted by molar-refractivity contribution is 7.89. The number of hydrogen-bond donors (Lipinski definition) is 2. The molecule has 0 spiro atoms. The molecule has 10 heteroatoms. The Labute approximate surface area is 150 Å². The number of methoxy groups -OCH3 is 1. The van der Waals surface area contributed by atoms with E-state index in [2.05, 4.69) is 15.2 Å². The van der Waals surface area contributed by atoms with E-state index >= 15 is 0 Å². The number of benzene rings is 1. The highest BCUT2D eigenvalue weighted by atomic mass is 35.5. The second-order valence-electron chi connectivity index (χ2n) is 5.33. The summed E-state index contributed by atoms with van der Waals surface area (Å²) in [5.74, 6) is 0.0722. The van der Waals surface area contributed by atoms with E-state index in [1.165, 1.54) is 33.9 Å². The molecule has 0 saturated heterocycles. The molecule has 0 radical (unpaired) electrons. The molecular formula is C15H18ClN3O5S. The van der Waals surface area contributed by atoms with Gasteiger partial charge in [-0.25, -0.2) is 8.42 Å². The Morgan fingerprint density at radius 1 is 1.36 bits per heavy atom. The quantitative estimate of drug-likeness (QED) is 0.786. The molecule has 2 aromatic rings. The van der Waals surface area contributed by atoms with Crippen LogP contribution in [0.25, 0.3) is 0 Å². The van der Waals surface area contributed by atoms with E-state index in [9.17, 15) is 13.2 Å². The summed E-state index contributed by atoms with van der Waals surface area (Å²) in [4.78, 5) is 12.2. The summed E-state index contributed by atoms with van der Waals surface area (Å²) in [6.07, 6.45) is 0. The van der Waals surface area contributed by atoms with Gasteiger partial charge in [0.25, 0.3) is 0 Å². The largest absolute Gasteiger partial charge is 0.495 e. The van der Waals surface area contributed by atoms with E-state index in [0.29, 0.717) is 16.5 Å². The second kappa shape index (κ2) is 7.42. The molecule has 0 saturated carbocycles. The number of nitrogens with zero attached hydrogens (tertiary/aromatic N) is 1. The number of aromatic nitrogens is 1. The Balaban J connectivity index is 2.11. The number of hydrogen-bond acceptors (Lipinski definition) is 6. The maximum atomic E-state index is 12.4. The maximum absolute atomic E-state index is 12.4. The molecule has 0 fully saturated rings. The third kappa shape index (κ3) is 4.30. The van der Waals surface area contributed by atoms with Crippen LogP contribution in [0.4, 0.5) is 5.69 Å². The third-order valence-electron chi connectivity index (χ3n) is 3.38. The number of anilines is 1. The van der Waals surface area contributed by atoms with Gasteiger partial charge in [-0.15, -0.1) is 0 Å². The van der Waals surface area contributed by atoms with Crippen LogP contribution in [0.5, 0.6) is 5.75 Å². The zero-order valence-corrected chi connectivity index (χ0v) is 15.7. The monoisotopic (exact) mass is 387 g/mol. The molecule has 1 aromatic carbocycles. The fourth-order valence-electron chi connectivity index (χ4n) is 2.20. The minimum Gasteiger partial charge on any atom is -0.495 e. The van der Waals surface area contributed by atoms with Gasteiger partial charge in [0.15, 0.2) is 5.76 Å². The molecule has 25 heavy (non-hydrogen) atoms. The van der Waals surface area contributed by atoms with Crippen molar-refractivity contribution in [1.82, 2.24) is 9.88 Å². The summed E-state index contributed by atoms with van der Waals surface area (Å²) in [5.41, 5.74) is 0.638. The summed E-state index contributed by atoms with van der Waals surface area (Å²) >= 11 is 6.00. The molecule has 0 aliphatic heterocycles. The van der Waals surface area contributed by atoms with E-state index in [0.717, 1.165) is 0 Å². The van der Waals surface area contributed by atoms with Gasteiger partial charge in [-0.2, -0.15) is 4.72 Å². The van der Waals surface area contributed by atoms with E-state index in [-0.39, 0.29) is 16.3 Å². The van der Waals surface area contributed by atoms with Crippen molar-refractivity contribution < 1.29 is 22.5 Å². The van der Waals surface area contributed by atoms with Gasteiger partial charge >= 0.3 is 0 Å². The topological polar surface area (TPSA) is 111 Å². The predicted octanol–water partition coefficient (Wildman–Crippen LogP) is 2.26. The number of ether oxygens (including phenoxy) is 1. The standard InChI is InChI=1S/C15H18ClN3O5S/c1-8-14(10(3)24-18-8)25(21,22)19-9(2)15(20)17-11-5-6-13(23-4)12(16)7-11/h5-7,9,19H,1-4H3,(H,17,20)/t9-/m0/s1. The number of amides is 1. The number of rotatable bonds is 6. The number of sulfonamides is 1. The lowest BCUT2D eigenvalue weighted by Crippen LogP contribution is -2.41. The first-order valence-corrected chi connectivity index (χ1v) is 9.11. The van der Waals surface area contributed by atoms with Crippen molar-refractivity contribution in [1.29, 1.82) is 0 Å². The average molecular weight is 388 g/mol. The lowest BCUT2D eigenvalue weighted by Gasteiger charge is -2.15. The lowest BCUT2D eigenvalue weighted by atomic mass is 10.2. The average Bonchev–Trinajstić information content (AvgIpc) is 2.86. The molecule has 0 bridgehead atoms. The van der Waals surface area contributed by atoms with Crippen molar-refractivity contribution in [2.75, 3.05) is 12.4 Å². The van der Waals surface area contributed by atoms with Crippen molar-refractivity contribution in [3.63, 3.8) is 0 Å². The van der Waals surface area contributed by atoms with Gasteiger partial charge in [0, 0.05) is 5.69 Å². The van der Waals surface area contributed by atoms with E-state index in [1.54, 1.807) is 12.1 Å². The molecule has 8 nitrogen and oxygen atoms in total. The van der Waals surface area contributed by atoms with Crippen molar-refractivity contribution in [3.05, 3.63) is 34.7 Å².